The second kappa shape index (κ2) is 10.2. The Kier molecular flexibility index (Phi) is 7.69. The number of ether oxygens (including phenoxy) is 2. The van der Waals surface area contributed by atoms with Crippen molar-refractivity contribution in [3.05, 3.63) is 46.4 Å². The number of carbonyl (C=O) groups is 1. The van der Waals surface area contributed by atoms with Gasteiger partial charge >= 0.3 is 0 Å². The second-order valence-electron chi connectivity index (χ2n) is 6.63. The van der Waals surface area contributed by atoms with Gasteiger partial charge in [0.15, 0.2) is 16.6 Å². The molecule has 1 amide bonds. The third-order valence-electron chi connectivity index (χ3n) is 5.00. The van der Waals surface area contributed by atoms with E-state index in [1.54, 1.807) is 19.1 Å². The van der Waals surface area contributed by atoms with Crippen LogP contribution in [0.1, 0.15) is 24.2 Å². The van der Waals surface area contributed by atoms with Crippen molar-refractivity contribution in [2.45, 2.75) is 13.8 Å². The van der Waals surface area contributed by atoms with Crippen molar-refractivity contribution in [3.63, 3.8) is 0 Å². The van der Waals surface area contributed by atoms with Crippen molar-refractivity contribution in [1.29, 1.82) is 0 Å². The highest BCUT2D eigenvalue weighted by atomic mass is 79.9. The number of carbonyl (C=O) groups excluding carboxylic acids is 1. The topological polar surface area (TPSA) is 54.9 Å². The van der Waals surface area contributed by atoms with Gasteiger partial charge < -0.3 is 14.4 Å². The molecule has 0 radical (unpaired) electrons. The monoisotopic (exact) mass is 491 g/mol. The van der Waals surface area contributed by atoms with Gasteiger partial charge in [-0.15, -0.1) is 0 Å². The van der Waals surface area contributed by atoms with Gasteiger partial charge in [0, 0.05) is 29.7 Å². The molecule has 6 nitrogen and oxygen atoms in total. The zero-order valence-electron chi connectivity index (χ0n) is 17.6. The van der Waals surface area contributed by atoms with E-state index < -0.39 is 0 Å². The van der Waals surface area contributed by atoms with Gasteiger partial charge in [-0.3, -0.25) is 9.69 Å². The molecule has 0 bridgehead atoms. The number of amides is 1. The fourth-order valence-corrected chi connectivity index (χ4v) is 4.66. The van der Waals surface area contributed by atoms with Crippen molar-refractivity contribution < 1.29 is 14.3 Å². The molecule has 0 atom stereocenters. The molecule has 0 saturated heterocycles. The molecule has 1 aromatic heterocycles. The van der Waals surface area contributed by atoms with Crippen LogP contribution in [0.2, 0.25) is 0 Å². The van der Waals surface area contributed by atoms with Gasteiger partial charge in [0.25, 0.3) is 5.91 Å². The van der Waals surface area contributed by atoms with E-state index in [2.05, 4.69) is 34.7 Å². The average Bonchev–Trinajstić information content (AvgIpc) is 3.18. The SMILES string of the molecule is CCN(CC)CCN(C(=O)c1ccccc1Br)c1nc2cc(OC)c(OC)cc2s1. The molecule has 0 saturated carbocycles. The number of aromatic nitrogens is 1. The zero-order chi connectivity index (χ0) is 21.7. The number of likely N-dealkylation sites (N-methyl/N-ethyl adjacent to an activating group) is 1. The van der Waals surface area contributed by atoms with Gasteiger partial charge in [0.05, 0.1) is 30.0 Å². The van der Waals surface area contributed by atoms with Crippen LogP contribution in [0.25, 0.3) is 10.2 Å². The first-order valence-electron chi connectivity index (χ1n) is 9.83. The number of methoxy groups -OCH3 is 2. The number of halogens is 1. The number of rotatable bonds is 9. The number of benzene rings is 2. The Bertz CT molecular complexity index is 979. The van der Waals surface area contributed by atoms with E-state index in [9.17, 15) is 4.79 Å². The Hall–Kier alpha value is -2.16. The average molecular weight is 492 g/mol. The molecule has 0 fully saturated rings. The molecule has 0 unspecified atom stereocenters. The quantitative estimate of drug-likeness (QED) is 0.418. The van der Waals surface area contributed by atoms with Gasteiger partial charge in [0.2, 0.25) is 0 Å². The Morgan fingerprint density at radius 3 is 2.37 bits per heavy atom. The summed E-state index contributed by atoms with van der Waals surface area (Å²) in [6, 6.07) is 11.2. The van der Waals surface area contributed by atoms with Gasteiger partial charge in [-0.2, -0.15) is 0 Å². The molecule has 30 heavy (non-hydrogen) atoms. The van der Waals surface area contributed by atoms with Crippen LogP contribution in [0.15, 0.2) is 40.9 Å². The second-order valence-corrected chi connectivity index (χ2v) is 8.50. The maximum atomic E-state index is 13.5. The van der Waals surface area contributed by atoms with Crippen LogP contribution in [-0.2, 0) is 0 Å². The number of nitrogens with zero attached hydrogens (tertiary/aromatic N) is 3. The molecule has 3 rings (SSSR count). The van der Waals surface area contributed by atoms with Crippen LogP contribution in [-0.4, -0.2) is 56.2 Å². The van der Waals surface area contributed by atoms with E-state index in [0.29, 0.717) is 28.7 Å². The lowest BCUT2D eigenvalue weighted by Gasteiger charge is -2.25. The summed E-state index contributed by atoms with van der Waals surface area (Å²) in [6.45, 7) is 7.44. The summed E-state index contributed by atoms with van der Waals surface area (Å²) < 4.78 is 12.5. The largest absolute Gasteiger partial charge is 0.493 e. The van der Waals surface area contributed by atoms with E-state index in [0.717, 1.165) is 34.3 Å². The molecule has 8 heteroatoms. The molecule has 0 aliphatic rings. The first-order valence-corrected chi connectivity index (χ1v) is 11.4. The molecule has 1 heterocycles. The van der Waals surface area contributed by atoms with E-state index in [4.69, 9.17) is 14.5 Å². The molecular formula is C22H26BrN3O3S. The van der Waals surface area contributed by atoms with Gasteiger partial charge in [-0.1, -0.05) is 37.3 Å². The van der Waals surface area contributed by atoms with E-state index >= 15 is 0 Å². The van der Waals surface area contributed by atoms with Gasteiger partial charge in [-0.25, -0.2) is 4.98 Å². The highest BCUT2D eigenvalue weighted by Crippen LogP contribution is 2.37. The lowest BCUT2D eigenvalue weighted by Crippen LogP contribution is -2.39. The highest BCUT2D eigenvalue weighted by Gasteiger charge is 2.24. The van der Waals surface area contributed by atoms with Crippen molar-refractivity contribution >= 4 is 48.5 Å². The predicted molar refractivity (Wildman–Crippen MR) is 126 cm³/mol. The lowest BCUT2D eigenvalue weighted by molar-refractivity contribution is 0.0983. The van der Waals surface area contributed by atoms with Crippen LogP contribution in [0.3, 0.4) is 0 Å². The van der Waals surface area contributed by atoms with Crippen molar-refractivity contribution in [1.82, 2.24) is 9.88 Å². The zero-order valence-corrected chi connectivity index (χ0v) is 20.0. The molecule has 0 aliphatic carbocycles. The smallest absolute Gasteiger partial charge is 0.261 e. The van der Waals surface area contributed by atoms with Crippen LogP contribution in [0.5, 0.6) is 11.5 Å². The first kappa shape index (κ1) is 22.5. The van der Waals surface area contributed by atoms with Gasteiger partial charge in [-0.05, 0) is 41.2 Å². The van der Waals surface area contributed by atoms with E-state index in [1.807, 2.05) is 36.4 Å². The summed E-state index contributed by atoms with van der Waals surface area (Å²) in [4.78, 5) is 22.3. The number of hydrogen-bond acceptors (Lipinski definition) is 6. The molecule has 0 aliphatic heterocycles. The van der Waals surface area contributed by atoms with Crippen molar-refractivity contribution in [3.8, 4) is 11.5 Å². The fraction of sp³-hybridized carbons (Fsp3) is 0.364. The summed E-state index contributed by atoms with van der Waals surface area (Å²) in [5, 5.41) is 0.660. The molecular weight excluding hydrogens is 466 g/mol. The van der Waals surface area contributed by atoms with E-state index in [1.165, 1.54) is 11.3 Å². The summed E-state index contributed by atoms with van der Waals surface area (Å²) in [5.41, 5.74) is 1.40. The van der Waals surface area contributed by atoms with E-state index in [-0.39, 0.29) is 5.91 Å². The number of hydrogen-bond donors (Lipinski definition) is 0. The Balaban J connectivity index is 2.02. The summed E-state index contributed by atoms with van der Waals surface area (Å²) in [7, 11) is 3.21. The highest BCUT2D eigenvalue weighted by molar-refractivity contribution is 9.10. The normalized spacial score (nSPS) is 11.1. The molecule has 2 aromatic carbocycles. The summed E-state index contributed by atoms with van der Waals surface area (Å²) in [5.74, 6) is 1.19. The Morgan fingerprint density at radius 1 is 1.07 bits per heavy atom. The molecule has 3 aromatic rings. The van der Waals surface area contributed by atoms with Gasteiger partial charge in [0.1, 0.15) is 0 Å². The number of thiazole rings is 1. The third kappa shape index (κ3) is 4.77. The maximum Gasteiger partial charge on any atom is 0.261 e. The minimum Gasteiger partial charge on any atom is -0.493 e. The van der Waals surface area contributed by atoms with Crippen LogP contribution in [0, 0.1) is 0 Å². The van der Waals surface area contributed by atoms with Crippen LogP contribution >= 0.6 is 27.3 Å². The minimum atomic E-state index is -0.0763. The number of fused-ring (bicyclic) bond motifs is 1. The maximum absolute atomic E-state index is 13.5. The summed E-state index contributed by atoms with van der Waals surface area (Å²) in [6.07, 6.45) is 0. The molecule has 0 spiro atoms. The lowest BCUT2D eigenvalue weighted by atomic mass is 10.2. The van der Waals surface area contributed by atoms with Crippen molar-refractivity contribution in [2.75, 3.05) is 45.3 Å². The fourth-order valence-electron chi connectivity index (χ4n) is 3.20. The van der Waals surface area contributed by atoms with Crippen LogP contribution in [0.4, 0.5) is 5.13 Å². The Labute approximate surface area is 189 Å². The van der Waals surface area contributed by atoms with Crippen molar-refractivity contribution in [2.24, 2.45) is 0 Å². The Morgan fingerprint density at radius 2 is 1.73 bits per heavy atom. The van der Waals surface area contributed by atoms with Crippen LogP contribution < -0.4 is 14.4 Å². The third-order valence-corrected chi connectivity index (χ3v) is 6.73. The standard InChI is InChI=1S/C22H26BrN3O3S/c1-5-25(6-2)11-12-26(21(27)15-9-7-8-10-16(15)23)22-24-17-13-18(28-3)19(29-4)14-20(17)30-22/h7-10,13-14H,5-6,11-12H2,1-4H3. The predicted octanol–water partition coefficient (Wildman–Crippen LogP) is 5.06. The summed E-state index contributed by atoms with van der Waals surface area (Å²) >= 11 is 4.98. The molecule has 0 N–H and O–H groups in total. The molecule has 160 valence electrons. The number of anilines is 1. The first-order chi connectivity index (χ1) is 14.5. The minimum absolute atomic E-state index is 0.0763.